The van der Waals surface area contributed by atoms with E-state index in [0.717, 1.165) is 0 Å². The molecule has 1 nitrogen and oxygen atoms in total. The minimum atomic E-state index is 1.18. The van der Waals surface area contributed by atoms with Crippen LogP contribution in [0, 0.1) is 0 Å². The van der Waals surface area contributed by atoms with Crippen LogP contribution >= 0.6 is 0 Å². The molecule has 1 heterocycles. The Morgan fingerprint density at radius 1 is 0.414 bits per heavy atom. The highest BCUT2D eigenvalue weighted by Gasteiger charge is 2.09. The molecule has 0 aliphatic carbocycles. The molecule has 0 aliphatic heterocycles. The van der Waals surface area contributed by atoms with Gasteiger partial charge in [0.25, 0.3) is 0 Å². The van der Waals surface area contributed by atoms with Crippen molar-refractivity contribution in [3.05, 3.63) is 109 Å². The number of aromatic amines is 1. The average molecular weight is 369 g/mol. The third kappa shape index (κ3) is 2.63. The number of hydrogen-bond acceptors (Lipinski definition) is 0. The van der Waals surface area contributed by atoms with Gasteiger partial charge in [-0.1, -0.05) is 84.9 Å². The molecule has 1 aromatic heterocycles. The summed E-state index contributed by atoms with van der Waals surface area (Å²) in [5, 5.41) is 5.10. The summed E-state index contributed by atoms with van der Waals surface area (Å²) < 4.78 is 0. The summed E-state index contributed by atoms with van der Waals surface area (Å²) in [4.78, 5) is 3.57. The maximum absolute atomic E-state index is 3.57. The van der Waals surface area contributed by atoms with Crippen molar-refractivity contribution in [3.63, 3.8) is 0 Å². The predicted octanol–water partition coefficient (Wildman–Crippen LogP) is 7.81. The van der Waals surface area contributed by atoms with Crippen molar-refractivity contribution in [3.8, 4) is 22.3 Å². The molecular formula is C28H19N. The van der Waals surface area contributed by atoms with Crippen molar-refractivity contribution in [1.82, 2.24) is 4.98 Å². The molecule has 1 N–H and O–H groups in total. The van der Waals surface area contributed by atoms with Gasteiger partial charge in [0.2, 0.25) is 0 Å². The first kappa shape index (κ1) is 16.1. The highest BCUT2D eigenvalue weighted by Crippen LogP contribution is 2.35. The Bertz CT molecular complexity index is 1480. The maximum Gasteiger partial charge on any atom is 0.0465 e. The zero-order valence-corrected chi connectivity index (χ0v) is 15.9. The molecule has 0 radical (unpaired) electrons. The molecule has 0 spiro atoms. The van der Waals surface area contributed by atoms with Crippen LogP contribution in [0.15, 0.2) is 109 Å². The Hall–Kier alpha value is -3.84. The molecule has 29 heavy (non-hydrogen) atoms. The summed E-state index contributed by atoms with van der Waals surface area (Å²) in [6.45, 7) is 0. The van der Waals surface area contributed by atoms with E-state index in [-0.39, 0.29) is 0 Å². The molecule has 0 saturated carbocycles. The van der Waals surface area contributed by atoms with Crippen LogP contribution in [0.5, 0.6) is 0 Å². The van der Waals surface area contributed by atoms with Gasteiger partial charge in [0.1, 0.15) is 0 Å². The van der Waals surface area contributed by atoms with Crippen LogP contribution in [0.2, 0.25) is 0 Å². The summed E-state index contributed by atoms with van der Waals surface area (Å²) in [6.07, 6.45) is 0. The molecule has 1 heteroatoms. The van der Waals surface area contributed by atoms with E-state index in [9.17, 15) is 0 Å². The normalized spacial score (nSPS) is 11.4. The molecule has 6 aromatic rings. The fourth-order valence-corrected chi connectivity index (χ4v) is 4.35. The lowest BCUT2D eigenvalue weighted by Gasteiger charge is -2.07. The molecule has 0 fully saturated rings. The van der Waals surface area contributed by atoms with Gasteiger partial charge in [0, 0.05) is 21.8 Å². The first-order chi connectivity index (χ1) is 14.4. The molecule has 0 amide bonds. The Balaban J connectivity index is 1.59. The Morgan fingerprint density at radius 3 is 1.90 bits per heavy atom. The minimum absolute atomic E-state index is 1.18. The molecule has 6 rings (SSSR count). The van der Waals surface area contributed by atoms with Crippen LogP contribution < -0.4 is 0 Å². The fraction of sp³-hybridized carbons (Fsp3) is 0. The van der Waals surface area contributed by atoms with E-state index >= 15 is 0 Å². The SMILES string of the molecule is c1ccc(-c2ccc3[nH]c4ccc(-c5cccc6ccccc56)cc4c3c2)cc1. The average Bonchev–Trinajstić information content (AvgIpc) is 3.16. The lowest BCUT2D eigenvalue weighted by molar-refractivity contribution is 1.54. The lowest BCUT2D eigenvalue weighted by Crippen LogP contribution is -1.81. The Kier molecular flexibility index (Phi) is 3.54. The lowest BCUT2D eigenvalue weighted by atomic mass is 9.96. The van der Waals surface area contributed by atoms with Crippen molar-refractivity contribution in [2.75, 3.05) is 0 Å². The molecule has 0 bridgehead atoms. The quantitative estimate of drug-likeness (QED) is 0.320. The van der Waals surface area contributed by atoms with Gasteiger partial charge in [-0.3, -0.25) is 0 Å². The highest BCUT2D eigenvalue weighted by atomic mass is 14.7. The van der Waals surface area contributed by atoms with Gasteiger partial charge in [-0.25, -0.2) is 0 Å². The van der Waals surface area contributed by atoms with E-state index < -0.39 is 0 Å². The summed E-state index contributed by atoms with van der Waals surface area (Å²) in [6, 6.07) is 39.1. The van der Waals surface area contributed by atoms with Gasteiger partial charge in [-0.05, 0) is 57.3 Å². The van der Waals surface area contributed by atoms with Gasteiger partial charge in [-0.15, -0.1) is 0 Å². The largest absolute Gasteiger partial charge is 0.355 e. The molecule has 0 atom stereocenters. The number of rotatable bonds is 2. The van der Waals surface area contributed by atoms with E-state index in [2.05, 4.69) is 114 Å². The molecule has 0 saturated heterocycles. The minimum Gasteiger partial charge on any atom is -0.355 e. The Morgan fingerprint density at radius 2 is 1.07 bits per heavy atom. The van der Waals surface area contributed by atoms with E-state index in [1.165, 1.54) is 54.8 Å². The molecule has 0 unspecified atom stereocenters. The number of fused-ring (bicyclic) bond motifs is 4. The van der Waals surface area contributed by atoms with Gasteiger partial charge in [-0.2, -0.15) is 0 Å². The first-order valence-corrected chi connectivity index (χ1v) is 9.96. The van der Waals surface area contributed by atoms with Crippen LogP contribution in [0.1, 0.15) is 0 Å². The van der Waals surface area contributed by atoms with Gasteiger partial charge >= 0.3 is 0 Å². The van der Waals surface area contributed by atoms with E-state index in [1.54, 1.807) is 0 Å². The standard InChI is InChI=1S/C28H19N/c1-2-7-19(8-3-1)21-13-15-27-25(17-21)26-18-22(14-16-28(26)29-27)24-12-6-10-20-9-4-5-11-23(20)24/h1-18,29H. The van der Waals surface area contributed by atoms with Crippen molar-refractivity contribution in [2.45, 2.75) is 0 Å². The van der Waals surface area contributed by atoms with Crippen LogP contribution in [0.4, 0.5) is 0 Å². The number of nitrogens with one attached hydrogen (secondary N) is 1. The second-order valence-electron chi connectivity index (χ2n) is 7.54. The zero-order valence-electron chi connectivity index (χ0n) is 15.9. The van der Waals surface area contributed by atoms with Crippen molar-refractivity contribution in [1.29, 1.82) is 0 Å². The van der Waals surface area contributed by atoms with E-state index in [1.807, 2.05) is 0 Å². The summed E-state index contributed by atoms with van der Waals surface area (Å²) in [7, 11) is 0. The molecule has 0 aliphatic rings. The van der Waals surface area contributed by atoms with Crippen LogP contribution in [-0.4, -0.2) is 4.98 Å². The third-order valence-electron chi connectivity index (χ3n) is 5.81. The predicted molar refractivity (Wildman–Crippen MR) is 124 cm³/mol. The number of H-pyrrole nitrogens is 1. The van der Waals surface area contributed by atoms with Crippen molar-refractivity contribution < 1.29 is 0 Å². The van der Waals surface area contributed by atoms with Crippen LogP contribution in [0.25, 0.3) is 54.8 Å². The fourth-order valence-electron chi connectivity index (χ4n) is 4.35. The zero-order chi connectivity index (χ0) is 19.2. The third-order valence-corrected chi connectivity index (χ3v) is 5.81. The summed E-state index contributed by atoms with van der Waals surface area (Å²) in [5.41, 5.74) is 7.37. The van der Waals surface area contributed by atoms with Gasteiger partial charge < -0.3 is 4.98 Å². The van der Waals surface area contributed by atoms with Crippen molar-refractivity contribution in [2.24, 2.45) is 0 Å². The van der Waals surface area contributed by atoms with Crippen LogP contribution in [-0.2, 0) is 0 Å². The monoisotopic (exact) mass is 369 g/mol. The maximum atomic E-state index is 3.57. The second kappa shape index (κ2) is 6.35. The van der Waals surface area contributed by atoms with Crippen molar-refractivity contribution >= 4 is 32.6 Å². The highest BCUT2D eigenvalue weighted by molar-refractivity contribution is 6.10. The molecule has 136 valence electrons. The topological polar surface area (TPSA) is 15.8 Å². The van der Waals surface area contributed by atoms with Gasteiger partial charge in [0.15, 0.2) is 0 Å². The smallest absolute Gasteiger partial charge is 0.0465 e. The van der Waals surface area contributed by atoms with E-state index in [0.29, 0.717) is 0 Å². The molecule has 5 aromatic carbocycles. The number of hydrogen-bond donors (Lipinski definition) is 1. The number of benzene rings is 5. The van der Waals surface area contributed by atoms with Gasteiger partial charge in [0.05, 0.1) is 0 Å². The number of aromatic nitrogens is 1. The summed E-state index contributed by atoms with van der Waals surface area (Å²) in [5.74, 6) is 0. The molecular weight excluding hydrogens is 350 g/mol. The summed E-state index contributed by atoms with van der Waals surface area (Å²) >= 11 is 0. The van der Waals surface area contributed by atoms with E-state index in [4.69, 9.17) is 0 Å². The van der Waals surface area contributed by atoms with Crippen LogP contribution in [0.3, 0.4) is 0 Å². The first-order valence-electron chi connectivity index (χ1n) is 9.96. The Labute approximate surface area is 169 Å². The second-order valence-corrected chi connectivity index (χ2v) is 7.54.